The molecule has 2 nitrogen and oxygen atoms in total. The van der Waals surface area contributed by atoms with Crippen molar-refractivity contribution in [2.75, 3.05) is 19.6 Å². The van der Waals surface area contributed by atoms with E-state index in [-0.39, 0.29) is 0 Å². The Bertz CT molecular complexity index is 43.8. The molecular formula is C6H16N2. The SMILES string of the molecule is CC(C)CNCCN. The molecule has 0 amide bonds. The largest absolute Gasteiger partial charge is 0.329 e. The summed E-state index contributed by atoms with van der Waals surface area (Å²) in [6.07, 6.45) is 0. The van der Waals surface area contributed by atoms with Crippen LogP contribution in [-0.4, -0.2) is 19.6 Å². The molecule has 50 valence electrons. The van der Waals surface area contributed by atoms with Crippen molar-refractivity contribution < 1.29 is 0 Å². The van der Waals surface area contributed by atoms with Crippen LogP contribution < -0.4 is 11.1 Å². The first-order chi connectivity index (χ1) is 3.77. The maximum Gasteiger partial charge on any atom is 0.00746 e. The third-order valence-electron chi connectivity index (χ3n) is 0.874. The van der Waals surface area contributed by atoms with E-state index in [4.69, 9.17) is 5.73 Å². The molecule has 0 saturated carbocycles. The Kier molecular flexibility index (Phi) is 5.01. The number of nitrogens with two attached hydrogens (primary N) is 1. The Morgan fingerprint density at radius 1 is 1.50 bits per heavy atom. The summed E-state index contributed by atoms with van der Waals surface area (Å²) in [5.74, 6) is 0.738. The van der Waals surface area contributed by atoms with Crippen molar-refractivity contribution in [3.05, 3.63) is 0 Å². The second kappa shape index (κ2) is 5.06. The first-order valence-electron chi connectivity index (χ1n) is 3.18. The van der Waals surface area contributed by atoms with E-state index in [1.54, 1.807) is 0 Å². The lowest BCUT2D eigenvalue weighted by Crippen LogP contribution is -2.25. The van der Waals surface area contributed by atoms with Crippen LogP contribution in [0.4, 0.5) is 0 Å². The third kappa shape index (κ3) is 5.92. The average Bonchev–Trinajstić information content (AvgIpc) is 1.66. The summed E-state index contributed by atoms with van der Waals surface area (Å²) in [4.78, 5) is 0. The lowest BCUT2D eigenvalue weighted by atomic mass is 10.2. The van der Waals surface area contributed by atoms with E-state index in [0.29, 0.717) is 0 Å². The van der Waals surface area contributed by atoms with Crippen molar-refractivity contribution in [1.82, 2.24) is 5.32 Å². The van der Waals surface area contributed by atoms with Gasteiger partial charge >= 0.3 is 0 Å². The Morgan fingerprint density at radius 3 is 2.50 bits per heavy atom. The van der Waals surface area contributed by atoms with Gasteiger partial charge in [0.05, 0.1) is 0 Å². The Hall–Kier alpha value is -0.0800. The molecule has 0 atom stereocenters. The monoisotopic (exact) mass is 116 g/mol. The molecule has 0 aromatic heterocycles. The molecular weight excluding hydrogens is 100 g/mol. The predicted octanol–water partition coefficient (Wildman–Crippen LogP) is 0.191. The van der Waals surface area contributed by atoms with Gasteiger partial charge in [0.25, 0.3) is 0 Å². The zero-order valence-corrected chi connectivity index (χ0v) is 5.78. The summed E-state index contributed by atoms with van der Waals surface area (Å²) in [6, 6.07) is 0. The fourth-order valence-corrected chi connectivity index (χ4v) is 0.493. The quantitative estimate of drug-likeness (QED) is 0.515. The van der Waals surface area contributed by atoms with Crippen LogP contribution in [0.1, 0.15) is 13.8 Å². The standard InChI is InChI=1S/C6H16N2/c1-6(2)5-8-4-3-7/h6,8H,3-5,7H2,1-2H3. The van der Waals surface area contributed by atoms with Crippen molar-refractivity contribution in [3.8, 4) is 0 Å². The van der Waals surface area contributed by atoms with E-state index in [9.17, 15) is 0 Å². The smallest absolute Gasteiger partial charge is 0.00746 e. The Morgan fingerprint density at radius 2 is 2.12 bits per heavy atom. The molecule has 0 saturated heterocycles. The molecule has 8 heavy (non-hydrogen) atoms. The second-order valence-electron chi connectivity index (χ2n) is 2.39. The molecule has 0 radical (unpaired) electrons. The summed E-state index contributed by atoms with van der Waals surface area (Å²) in [6.45, 7) is 7.13. The highest BCUT2D eigenvalue weighted by Gasteiger charge is 1.88. The van der Waals surface area contributed by atoms with Crippen LogP contribution in [-0.2, 0) is 0 Å². The maximum atomic E-state index is 5.25. The van der Waals surface area contributed by atoms with E-state index < -0.39 is 0 Å². The van der Waals surface area contributed by atoms with Gasteiger partial charge in [0, 0.05) is 13.1 Å². The zero-order chi connectivity index (χ0) is 6.41. The minimum atomic E-state index is 0.738. The molecule has 0 aromatic carbocycles. The van der Waals surface area contributed by atoms with Gasteiger partial charge in [0.2, 0.25) is 0 Å². The summed E-state index contributed by atoms with van der Waals surface area (Å²) in [7, 11) is 0. The van der Waals surface area contributed by atoms with Gasteiger partial charge in [0.15, 0.2) is 0 Å². The number of nitrogens with one attached hydrogen (secondary N) is 1. The summed E-state index contributed by atoms with van der Waals surface area (Å²) < 4.78 is 0. The highest BCUT2D eigenvalue weighted by molar-refractivity contribution is 4.49. The van der Waals surface area contributed by atoms with Crippen LogP contribution >= 0.6 is 0 Å². The van der Waals surface area contributed by atoms with E-state index in [0.717, 1.165) is 25.6 Å². The number of hydrogen-bond acceptors (Lipinski definition) is 2. The summed E-state index contributed by atoms with van der Waals surface area (Å²) in [5.41, 5.74) is 5.25. The molecule has 0 aliphatic heterocycles. The van der Waals surface area contributed by atoms with Crippen molar-refractivity contribution in [1.29, 1.82) is 0 Å². The zero-order valence-electron chi connectivity index (χ0n) is 5.78. The van der Waals surface area contributed by atoms with Crippen LogP contribution in [0.2, 0.25) is 0 Å². The van der Waals surface area contributed by atoms with E-state index >= 15 is 0 Å². The van der Waals surface area contributed by atoms with Gasteiger partial charge in [-0.3, -0.25) is 0 Å². The van der Waals surface area contributed by atoms with E-state index in [2.05, 4.69) is 19.2 Å². The molecule has 0 aliphatic carbocycles. The van der Waals surface area contributed by atoms with Crippen molar-refractivity contribution >= 4 is 0 Å². The Labute approximate surface area is 51.5 Å². The number of rotatable bonds is 4. The molecule has 0 fully saturated rings. The lowest BCUT2D eigenvalue weighted by Gasteiger charge is -2.03. The molecule has 0 unspecified atom stereocenters. The lowest BCUT2D eigenvalue weighted by molar-refractivity contribution is 0.558. The molecule has 0 spiro atoms. The van der Waals surface area contributed by atoms with Crippen LogP contribution in [0, 0.1) is 5.92 Å². The van der Waals surface area contributed by atoms with Gasteiger partial charge in [-0.1, -0.05) is 13.8 Å². The Balaban J connectivity index is 2.72. The van der Waals surface area contributed by atoms with Gasteiger partial charge in [0.1, 0.15) is 0 Å². The third-order valence-corrected chi connectivity index (χ3v) is 0.874. The molecule has 3 N–H and O–H groups in total. The molecule has 0 aromatic rings. The van der Waals surface area contributed by atoms with Crippen LogP contribution in [0.5, 0.6) is 0 Å². The highest BCUT2D eigenvalue weighted by atomic mass is 14.9. The first kappa shape index (κ1) is 7.92. The molecule has 0 heterocycles. The second-order valence-corrected chi connectivity index (χ2v) is 2.39. The minimum absolute atomic E-state index is 0.738. The van der Waals surface area contributed by atoms with Gasteiger partial charge in [-0.2, -0.15) is 0 Å². The number of hydrogen-bond donors (Lipinski definition) is 2. The van der Waals surface area contributed by atoms with Crippen molar-refractivity contribution in [2.45, 2.75) is 13.8 Å². The predicted molar refractivity (Wildman–Crippen MR) is 36.8 cm³/mol. The van der Waals surface area contributed by atoms with E-state index in [1.807, 2.05) is 0 Å². The van der Waals surface area contributed by atoms with Crippen molar-refractivity contribution in [2.24, 2.45) is 11.7 Å². The molecule has 2 heteroatoms. The van der Waals surface area contributed by atoms with Gasteiger partial charge in [-0.05, 0) is 12.5 Å². The summed E-state index contributed by atoms with van der Waals surface area (Å²) >= 11 is 0. The molecule has 0 rings (SSSR count). The van der Waals surface area contributed by atoms with Crippen molar-refractivity contribution in [3.63, 3.8) is 0 Å². The topological polar surface area (TPSA) is 38.0 Å². The van der Waals surface area contributed by atoms with Crippen LogP contribution in [0.3, 0.4) is 0 Å². The van der Waals surface area contributed by atoms with Gasteiger partial charge in [-0.15, -0.1) is 0 Å². The first-order valence-corrected chi connectivity index (χ1v) is 3.18. The van der Waals surface area contributed by atoms with Crippen LogP contribution in [0.15, 0.2) is 0 Å². The average molecular weight is 116 g/mol. The van der Waals surface area contributed by atoms with E-state index in [1.165, 1.54) is 0 Å². The summed E-state index contributed by atoms with van der Waals surface area (Å²) in [5, 5.41) is 3.21. The minimum Gasteiger partial charge on any atom is -0.329 e. The molecule has 0 aliphatic rings. The van der Waals surface area contributed by atoms with Gasteiger partial charge in [-0.25, -0.2) is 0 Å². The van der Waals surface area contributed by atoms with Gasteiger partial charge < -0.3 is 11.1 Å². The van der Waals surface area contributed by atoms with Crippen LogP contribution in [0.25, 0.3) is 0 Å². The normalized spacial score (nSPS) is 10.5. The fourth-order valence-electron chi connectivity index (χ4n) is 0.493. The highest BCUT2D eigenvalue weighted by Crippen LogP contribution is 1.84. The maximum absolute atomic E-state index is 5.25. The molecule has 0 bridgehead atoms. The fraction of sp³-hybridized carbons (Fsp3) is 1.00.